The van der Waals surface area contributed by atoms with Crippen LogP contribution in [0.3, 0.4) is 0 Å². The molecule has 0 saturated heterocycles. The Labute approximate surface area is 161 Å². The van der Waals surface area contributed by atoms with Gasteiger partial charge in [0.1, 0.15) is 17.6 Å². The van der Waals surface area contributed by atoms with E-state index in [1.807, 2.05) is 36.9 Å². The zero-order chi connectivity index (χ0) is 19.1. The van der Waals surface area contributed by atoms with Crippen molar-refractivity contribution < 1.29 is 9.47 Å². The quantitative estimate of drug-likeness (QED) is 0.530. The fraction of sp³-hybridized carbons (Fsp3) is 0.348. The van der Waals surface area contributed by atoms with Crippen molar-refractivity contribution in [2.75, 3.05) is 7.11 Å². The smallest absolute Gasteiger partial charge is 0.123 e. The van der Waals surface area contributed by atoms with Crippen molar-refractivity contribution in [3.63, 3.8) is 0 Å². The molecule has 4 heteroatoms. The van der Waals surface area contributed by atoms with E-state index in [1.165, 1.54) is 11.1 Å². The molecular weight excluding hydrogens is 336 g/mol. The fourth-order valence-corrected chi connectivity index (χ4v) is 3.18. The Morgan fingerprint density at radius 3 is 2.48 bits per heavy atom. The van der Waals surface area contributed by atoms with Crippen LogP contribution in [0.1, 0.15) is 37.3 Å². The molecule has 3 rings (SSSR count). The lowest BCUT2D eigenvalue weighted by molar-refractivity contribution is 0.168. The van der Waals surface area contributed by atoms with Crippen molar-refractivity contribution in [2.24, 2.45) is 0 Å². The predicted molar refractivity (Wildman–Crippen MR) is 108 cm³/mol. The van der Waals surface area contributed by atoms with Gasteiger partial charge in [-0.05, 0) is 48.1 Å². The minimum absolute atomic E-state index is 0.0706. The van der Waals surface area contributed by atoms with Gasteiger partial charge in [0, 0.05) is 12.4 Å². The number of rotatable bonds is 9. The molecule has 0 amide bonds. The van der Waals surface area contributed by atoms with E-state index in [9.17, 15) is 0 Å². The number of methoxy groups -OCH3 is 1. The van der Waals surface area contributed by atoms with Gasteiger partial charge in [0.25, 0.3) is 0 Å². The number of aryl methyl sites for hydroxylation is 1. The van der Waals surface area contributed by atoms with Gasteiger partial charge < -0.3 is 14.0 Å². The summed E-state index contributed by atoms with van der Waals surface area (Å²) in [5, 5.41) is 0. The van der Waals surface area contributed by atoms with Crippen LogP contribution in [0.5, 0.6) is 11.5 Å². The van der Waals surface area contributed by atoms with E-state index in [1.54, 1.807) is 7.11 Å². The summed E-state index contributed by atoms with van der Waals surface area (Å²) in [6.07, 6.45) is 7.59. The van der Waals surface area contributed by atoms with Crippen LogP contribution in [-0.4, -0.2) is 22.8 Å². The highest BCUT2D eigenvalue weighted by atomic mass is 16.5. The first-order valence-corrected chi connectivity index (χ1v) is 9.50. The lowest BCUT2D eigenvalue weighted by Crippen LogP contribution is -2.24. The molecule has 27 heavy (non-hydrogen) atoms. The number of benzene rings is 2. The van der Waals surface area contributed by atoms with E-state index in [2.05, 4.69) is 53.7 Å². The summed E-state index contributed by atoms with van der Waals surface area (Å²) in [6, 6.07) is 16.6. The second-order valence-corrected chi connectivity index (χ2v) is 7.08. The maximum absolute atomic E-state index is 6.47. The summed E-state index contributed by atoms with van der Waals surface area (Å²) in [4.78, 5) is 4.16. The van der Waals surface area contributed by atoms with Crippen LogP contribution in [0, 0.1) is 0 Å². The van der Waals surface area contributed by atoms with Crippen molar-refractivity contribution >= 4 is 0 Å². The molecule has 0 saturated carbocycles. The first kappa shape index (κ1) is 19.0. The molecule has 142 valence electrons. The Morgan fingerprint density at radius 1 is 1.04 bits per heavy atom. The van der Waals surface area contributed by atoms with Gasteiger partial charge in [0.15, 0.2) is 0 Å². The van der Waals surface area contributed by atoms with Gasteiger partial charge in [-0.15, -0.1) is 0 Å². The van der Waals surface area contributed by atoms with Gasteiger partial charge in [0.2, 0.25) is 0 Å². The molecule has 0 aliphatic carbocycles. The van der Waals surface area contributed by atoms with Crippen molar-refractivity contribution in [1.82, 2.24) is 9.55 Å². The van der Waals surface area contributed by atoms with E-state index in [4.69, 9.17) is 9.47 Å². The molecule has 0 bridgehead atoms. The summed E-state index contributed by atoms with van der Waals surface area (Å²) in [5.74, 6) is 2.29. The number of hydrogen-bond acceptors (Lipinski definition) is 3. The molecule has 4 nitrogen and oxygen atoms in total. The molecular formula is C23H28N2O2. The molecule has 0 N–H and O–H groups in total. The molecule has 1 aromatic heterocycles. The van der Waals surface area contributed by atoms with Gasteiger partial charge in [-0.3, -0.25) is 0 Å². The summed E-state index contributed by atoms with van der Waals surface area (Å²) in [6.45, 7) is 5.18. The van der Waals surface area contributed by atoms with E-state index < -0.39 is 0 Å². The monoisotopic (exact) mass is 364 g/mol. The Morgan fingerprint density at radius 2 is 1.81 bits per heavy atom. The average Bonchev–Trinajstić information content (AvgIpc) is 3.20. The van der Waals surface area contributed by atoms with Gasteiger partial charge in [-0.1, -0.05) is 44.2 Å². The summed E-state index contributed by atoms with van der Waals surface area (Å²) in [5.41, 5.74) is 2.53. The van der Waals surface area contributed by atoms with Crippen LogP contribution in [0.25, 0.3) is 0 Å². The van der Waals surface area contributed by atoms with Crippen LogP contribution in [-0.2, 0) is 13.0 Å². The number of aromatic nitrogens is 2. The third-order valence-corrected chi connectivity index (χ3v) is 4.72. The summed E-state index contributed by atoms with van der Waals surface area (Å²) >= 11 is 0. The maximum Gasteiger partial charge on any atom is 0.123 e. The molecule has 0 fully saturated rings. The van der Waals surface area contributed by atoms with Crippen molar-refractivity contribution in [2.45, 2.75) is 45.3 Å². The molecule has 0 radical (unpaired) electrons. The molecule has 1 unspecified atom stereocenters. The molecule has 2 aromatic carbocycles. The summed E-state index contributed by atoms with van der Waals surface area (Å²) in [7, 11) is 1.69. The third-order valence-electron chi connectivity index (χ3n) is 4.72. The largest absolute Gasteiger partial charge is 0.497 e. The van der Waals surface area contributed by atoms with Crippen LogP contribution >= 0.6 is 0 Å². The SMILES string of the molecule is COc1ccc(CCC(Cn2ccnc2)Oc2ccccc2C(C)C)cc1. The zero-order valence-electron chi connectivity index (χ0n) is 16.3. The number of nitrogens with zero attached hydrogens (tertiary/aromatic N) is 2. The maximum atomic E-state index is 6.47. The van der Waals surface area contributed by atoms with Gasteiger partial charge >= 0.3 is 0 Å². The molecule has 0 aliphatic heterocycles. The Kier molecular flexibility index (Phi) is 6.53. The van der Waals surface area contributed by atoms with E-state index >= 15 is 0 Å². The third kappa shape index (κ3) is 5.36. The molecule has 1 heterocycles. The minimum atomic E-state index is 0.0706. The fourth-order valence-electron chi connectivity index (χ4n) is 3.18. The van der Waals surface area contributed by atoms with Gasteiger partial charge in [-0.25, -0.2) is 4.98 Å². The number of para-hydroxylation sites is 1. The zero-order valence-corrected chi connectivity index (χ0v) is 16.3. The highest BCUT2D eigenvalue weighted by Gasteiger charge is 2.15. The normalized spacial score (nSPS) is 12.1. The van der Waals surface area contributed by atoms with Crippen molar-refractivity contribution in [3.05, 3.63) is 78.4 Å². The second-order valence-electron chi connectivity index (χ2n) is 7.08. The van der Waals surface area contributed by atoms with E-state index in [0.29, 0.717) is 5.92 Å². The second kappa shape index (κ2) is 9.26. The Bertz CT molecular complexity index is 811. The first-order chi connectivity index (χ1) is 13.2. The minimum Gasteiger partial charge on any atom is -0.497 e. The van der Waals surface area contributed by atoms with E-state index in [-0.39, 0.29) is 6.10 Å². The van der Waals surface area contributed by atoms with E-state index in [0.717, 1.165) is 30.9 Å². The highest BCUT2D eigenvalue weighted by molar-refractivity contribution is 5.35. The Hall–Kier alpha value is -2.75. The van der Waals surface area contributed by atoms with Gasteiger partial charge in [0.05, 0.1) is 20.0 Å². The Balaban J connectivity index is 1.72. The number of imidazole rings is 1. The lowest BCUT2D eigenvalue weighted by atomic mass is 10.0. The van der Waals surface area contributed by atoms with Crippen LogP contribution in [0.15, 0.2) is 67.3 Å². The summed E-state index contributed by atoms with van der Waals surface area (Å²) < 4.78 is 13.8. The van der Waals surface area contributed by atoms with Crippen LogP contribution in [0.2, 0.25) is 0 Å². The highest BCUT2D eigenvalue weighted by Crippen LogP contribution is 2.28. The average molecular weight is 364 g/mol. The number of ether oxygens (including phenoxy) is 2. The number of hydrogen-bond donors (Lipinski definition) is 0. The van der Waals surface area contributed by atoms with Crippen LogP contribution in [0.4, 0.5) is 0 Å². The lowest BCUT2D eigenvalue weighted by Gasteiger charge is -2.22. The molecule has 0 spiro atoms. The molecule has 0 aliphatic rings. The molecule has 3 aromatic rings. The standard InChI is InChI=1S/C23H28N2O2/c1-18(2)22-6-4-5-7-23(22)27-21(16-25-15-14-24-17-25)13-10-19-8-11-20(26-3)12-9-19/h4-9,11-12,14-15,17-18,21H,10,13,16H2,1-3H3. The topological polar surface area (TPSA) is 36.3 Å². The van der Waals surface area contributed by atoms with Crippen molar-refractivity contribution in [3.8, 4) is 11.5 Å². The van der Waals surface area contributed by atoms with Crippen molar-refractivity contribution in [1.29, 1.82) is 0 Å². The van der Waals surface area contributed by atoms with Crippen LogP contribution < -0.4 is 9.47 Å². The predicted octanol–water partition coefficient (Wildman–Crippen LogP) is 5.10. The van der Waals surface area contributed by atoms with Gasteiger partial charge in [-0.2, -0.15) is 0 Å². The first-order valence-electron chi connectivity index (χ1n) is 9.50. The molecule has 1 atom stereocenters.